The largest absolute Gasteiger partial charge is 0.368 e. The van der Waals surface area contributed by atoms with Crippen LogP contribution >= 0.6 is 0 Å². The highest BCUT2D eigenvalue weighted by molar-refractivity contribution is 7.92. The van der Waals surface area contributed by atoms with Crippen molar-refractivity contribution < 1.29 is 13.2 Å². The van der Waals surface area contributed by atoms with Crippen molar-refractivity contribution in [1.82, 2.24) is 9.78 Å². The maximum atomic E-state index is 12.2. The van der Waals surface area contributed by atoms with E-state index in [2.05, 4.69) is 9.82 Å². The lowest BCUT2D eigenvalue weighted by Crippen LogP contribution is -2.18. The Morgan fingerprint density at radius 1 is 1.40 bits per heavy atom. The van der Waals surface area contributed by atoms with E-state index >= 15 is 0 Å². The molecule has 2 aromatic rings. The van der Waals surface area contributed by atoms with E-state index in [1.807, 2.05) is 0 Å². The van der Waals surface area contributed by atoms with E-state index in [4.69, 9.17) is 5.73 Å². The van der Waals surface area contributed by atoms with Crippen molar-refractivity contribution in [3.8, 4) is 0 Å². The lowest BCUT2D eigenvalue weighted by Gasteiger charge is -2.08. The summed E-state index contributed by atoms with van der Waals surface area (Å²) in [4.78, 5) is 10.9. The second-order valence-corrected chi connectivity index (χ2v) is 5.91. The van der Waals surface area contributed by atoms with Crippen LogP contribution < -0.4 is 10.5 Å². The molecule has 1 heterocycles. The number of nitrogens with zero attached hydrogens (tertiary/aromatic N) is 2. The SMILES string of the molecule is Cc1ccccc1S(=O)(=O)Nc1cnn(CC(N)=O)c1. The number of rotatable bonds is 5. The van der Waals surface area contributed by atoms with E-state index in [9.17, 15) is 13.2 Å². The Morgan fingerprint density at radius 2 is 2.10 bits per heavy atom. The zero-order valence-corrected chi connectivity index (χ0v) is 11.6. The van der Waals surface area contributed by atoms with Crippen LogP contribution in [0.2, 0.25) is 0 Å². The summed E-state index contributed by atoms with van der Waals surface area (Å²) in [5, 5.41) is 3.85. The Morgan fingerprint density at radius 3 is 2.75 bits per heavy atom. The molecule has 8 heteroatoms. The van der Waals surface area contributed by atoms with Crippen molar-refractivity contribution in [2.24, 2.45) is 5.73 Å². The van der Waals surface area contributed by atoms with Gasteiger partial charge in [0.25, 0.3) is 10.0 Å². The highest BCUT2D eigenvalue weighted by Gasteiger charge is 2.17. The van der Waals surface area contributed by atoms with E-state index in [-0.39, 0.29) is 17.1 Å². The van der Waals surface area contributed by atoms with Gasteiger partial charge in [0, 0.05) is 6.20 Å². The molecule has 0 saturated carbocycles. The van der Waals surface area contributed by atoms with Gasteiger partial charge in [-0.3, -0.25) is 14.2 Å². The molecule has 1 amide bonds. The standard InChI is InChI=1S/C12H14N4O3S/c1-9-4-2-3-5-11(9)20(18,19)15-10-6-14-16(7-10)8-12(13)17/h2-7,15H,8H2,1H3,(H2,13,17). The maximum Gasteiger partial charge on any atom is 0.262 e. The maximum absolute atomic E-state index is 12.2. The van der Waals surface area contributed by atoms with Crippen molar-refractivity contribution in [1.29, 1.82) is 0 Å². The fraction of sp³-hybridized carbons (Fsp3) is 0.167. The third kappa shape index (κ3) is 3.15. The first kappa shape index (κ1) is 14.1. The van der Waals surface area contributed by atoms with Gasteiger partial charge in [0.15, 0.2) is 0 Å². The Bertz CT molecular complexity index is 737. The summed E-state index contributed by atoms with van der Waals surface area (Å²) in [5.41, 5.74) is 5.95. The number of anilines is 1. The van der Waals surface area contributed by atoms with E-state index in [0.29, 0.717) is 5.56 Å². The Balaban J connectivity index is 2.23. The van der Waals surface area contributed by atoms with Crippen LogP contribution in [0.5, 0.6) is 0 Å². The molecule has 0 aliphatic rings. The molecule has 1 aromatic heterocycles. The number of nitrogens with two attached hydrogens (primary N) is 1. The van der Waals surface area contributed by atoms with E-state index < -0.39 is 15.9 Å². The summed E-state index contributed by atoms with van der Waals surface area (Å²) in [6, 6.07) is 6.65. The smallest absolute Gasteiger partial charge is 0.262 e. The fourth-order valence-electron chi connectivity index (χ4n) is 1.73. The number of aryl methyl sites for hydroxylation is 1. The number of nitrogens with one attached hydrogen (secondary N) is 1. The molecule has 20 heavy (non-hydrogen) atoms. The summed E-state index contributed by atoms with van der Waals surface area (Å²) in [7, 11) is -3.68. The fourth-order valence-corrected chi connectivity index (χ4v) is 3.01. The van der Waals surface area contributed by atoms with Gasteiger partial charge in [-0.2, -0.15) is 5.10 Å². The summed E-state index contributed by atoms with van der Waals surface area (Å²) in [6.45, 7) is 1.61. The first-order chi connectivity index (χ1) is 9.38. The van der Waals surface area contributed by atoms with Crippen molar-refractivity contribution >= 4 is 21.6 Å². The number of amides is 1. The van der Waals surface area contributed by atoms with Gasteiger partial charge in [-0.05, 0) is 18.6 Å². The minimum Gasteiger partial charge on any atom is -0.368 e. The number of carbonyl (C=O) groups is 1. The zero-order chi connectivity index (χ0) is 14.8. The summed E-state index contributed by atoms with van der Waals surface area (Å²) in [6.07, 6.45) is 2.72. The molecule has 0 aliphatic carbocycles. The topological polar surface area (TPSA) is 107 Å². The van der Waals surface area contributed by atoms with Gasteiger partial charge in [0.1, 0.15) is 6.54 Å². The Hall–Kier alpha value is -2.35. The van der Waals surface area contributed by atoms with Crippen molar-refractivity contribution in [3.63, 3.8) is 0 Å². The van der Waals surface area contributed by atoms with Gasteiger partial charge >= 0.3 is 0 Å². The van der Waals surface area contributed by atoms with E-state index in [1.54, 1.807) is 25.1 Å². The van der Waals surface area contributed by atoms with Crippen molar-refractivity contribution in [2.45, 2.75) is 18.4 Å². The van der Waals surface area contributed by atoms with Crippen molar-refractivity contribution in [2.75, 3.05) is 4.72 Å². The quantitative estimate of drug-likeness (QED) is 0.836. The van der Waals surface area contributed by atoms with Gasteiger partial charge in [-0.25, -0.2) is 8.42 Å². The predicted octanol–water partition coefficient (Wildman–Crippen LogP) is 0.478. The van der Waals surface area contributed by atoms with Gasteiger partial charge in [0.2, 0.25) is 5.91 Å². The van der Waals surface area contributed by atoms with Crippen LogP contribution in [0.4, 0.5) is 5.69 Å². The average Bonchev–Trinajstić information content (AvgIpc) is 2.75. The van der Waals surface area contributed by atoms with Crippen LogP contribution in [0.1, 0.15) is 5.56 Å². The summed E-state index contributed by atoms with van der Waals surface area (Å²) in [5.74, 6) is -0.554. The van der Waals surface area contributed by atoms with E-state index in [0.717, 1.165) is 0 Å². The van der Waals surface area contributed by atoms with Crippen molar-refractivity contribution in [3.05, 3.63) is 42.2 Å². The lowest BCUT2D eigenvalue weighted by molar-refractivity contribution is -0.118. The number of benzene rings is 1. The zero-order valence-electron chi connectivity index (χ0n) is 10.8. The minimum absolute atomic E-state index is 0.105. The molecular formula is C12H14N4O3S. The molecule has 0 unspecified atom stereocenters. The normalized spacial score (nSPS) is 11.2. The van der Waals surface area contributed by atoms with Crippen LogP contribution in [-0.4, -0.2) is 24.1 Å². The number of hydrogen-bond acceptors (Lipinski definition) is 4. The highest BCUT2D eigenvalue weighted by atomic mass is 32.2. The highest BCUT2D eigenvalue weighted by Crippen LogP contribution is 2.18. The molecular weight excluding hydrogens is 280 g/mol. The molecule has 0 radical (unpaired) electrons. The molecule has 106 valence electrons. The van der Waals surface area contributed by atoms with Gasteiger partial charge in [-0.15, -0.1) is 0 Å². The molecule has 0 saturated heterocycles. The molecule has 0 fully saturated rings. The number of aromatic nitrogens is 2. The molecule has 7 nitrogen and oxygen atoms in total. The van der Waals surface area contributed by atoms with Crippen LogP contribution in [0.15, 0.2) is 41.6 Å². The molecule has 0 aliphatic heterocycles. The molecule has 2 rings (SSSR count). The predicted molar refractivity (Wildman–Crippen MR) is 73.4 cm³/mol. The van der Waals surface area contributed by atoms with Crippen LogP contribution in [0, 0.1) is 6.92 Å². The average molecular weight is 294 g/mol. The summed E-state index contributed by atoms with van der Waals surface area (Å²) < 4.78 is 28.1. The van der Waals surface area contributed by atoms with Crippen LogP contribution in [-0.2, 0) is 21.4 Å². The number of carbonyl (C=O) groups excluding carboxylic acids is 1. The van der Waals surface area contributed by atoms with Gasteiger partial charge < -0.3 is 5.73 Å². The third-order valence-corrected chi connectivity index (χ3v) is 4.13. The second kappa shape index (κ2) is 5.33. The molecule has 0 bridgehead atoms. The molecule has 0 spiro atoms. The first-order valence-corrected chi connectivity index (χ1v) is 7.26. The summed E-state index contributed by atoms with van der Waals surface area (Å²) >= 11 is 0. The molecule has 3 N–H and O–H groups in total. The van der Waals surface area contributed by atoms with Gasteiger partial charge in [0.05, 0.1) is 16.8 Å². The first-order valence-electron chi connectivity index (χ1n) is 5.78. The third-order valence-electron chi connectivity index (χ3n) is 2.59. The Kier molecular flexibility index (Phi) is 3.75. The van der Waals surface area contributed by atoms with Crippen LogP contribution in [0.25, 0.3) is 0 Å². The number of hydrogen-bond donors (Lipinski definition) is 2. The van der Waals surface area contributed by atoms with Gasteiger partial charge in [-0.1, -0.05) is 18.2 Å². The van der Waals surface area contributed by atoms with E-state index in [1.165, 1.54) is 23.1 Å². The lowest BCUT2D eigenvalue weighted by atomic mass is 10.2. The monoisotopic (exact) mass is 294 g/mol. The minimum atomic E-state index is -3.68. The number of sulfonamides is 1. The Labute approximate surface area is 116 Å². The second-order valence-electron chi connectivity index (χ2n) is 4.26. The van der Waals surface area contributed by atoms with Crippen LogP contribution in [0.3, 0.4) is 0 Å². The molecule has 1 aromatic carbocycles. The number of primary amides is 1. The molecule has 0 atom stereocenters.